The molecular weight excluding hydrogens is 284 g/mol. The fourth-order valence-corrected chi connectivity index (χ4v) is 2.81. The van der Waals surface area contributed by atoms with Gasteiger partial charge in [0.1, 0.15) is 11.8 Å². The van der Waals surface area contributed by atoms with Crippen LogP contribution in [0.2, 0.25) is 0 Å². The van der Waals surface area contributed by atoms with Crippen molar-refractivity contribution < 1.29 is 19.5 Å². The third-order valence-electron chi connectivity index (χ3n) is 4.15. The first-order valence-corrected chi connectivity index (χ1v) is 7.23. The second kappa shape index (κ2) is 5.90. The molecule has 116 valence electrons. The topological polar surface area (TPSA) is 86.8 Å². The zero-order valence-electron chi connectivity index (χ0n) is 12.2. The minimum absolute atomic E-state index is 0.120. The monoisotopic (exact) mass is 302 g/mol. The molecule has 0 aliphatic heterocycles. The summed E-state index contributed by atoms with van der Waals surface area (Å²) in [6, 6.07) is 10.6. The number of amides is 1. The summed E-state index contributed by atoms with van der Waals surface area (Å²) in [5, 5.41) is 23.4. The fraction of sp³-hybridized carbons (Fsp3) is 0.375. The molecule has 1 aromatic carbocycles. The Balaban J connectivity index is 1.77. The molecule has 0 radical (unpaired) electrons. The molecule has 0 saturated heterocycles. The maximum atomic E-state index is 12.4. The van der Waals surface area contributed by atoms with Crippen molar-refractivity contribution in [2.45, 2.75) is 31.1 Å². The van der Waals surface area contributed by atoms with Gasteiger partial charge in [0.25, 0.3) is 5.91 Å². The van der Waals surface area contributed by atoms with Crippen LogP contribution in [-0.4, -0.2) is 51.5 Å². The summed E-state index contributed by atoms with van der Waals surface area (Å²) in [6.45, 7) is 0. The molecule has 0 bridgehead atoms. The Hall–Kier alpha value is -2.18. The zero-order chi connectivity index (χ0) is 15.7. The second-order valence-electron chi connectivity index (χ2n) is 5.56. The van der Waals surface area contributed by atoms with E-state index in [1.165, 1.54) is 4.90 Å². The van der Waals surface area contributed by atoms with Gasteiger partial charge in [0.05, 0.1) is 12.1 Å². The Morgan fingerprint density at radius 2 is 2.00 bits per heavy atom. The van der Waals surface area contributed by atoms with E-state index in [1.54, 1.807) is 13.1 Å². The molecule has 1 heterocycles. The number of likely N-dealkylation sites (N-methyl/N-ethyl adjacent to an activating group) is 1. The molecular formula is C16H18N2O4. The van der Waals surface area contributed by atoms with Gasteiger partial charge < -0.3 is 19.6 Å². The highest BCUT2D eigenvalue weighted by molar-refractivity contribution is 5.92. The van der Waals surface area contributed by atoms with Crippen LogP contribution in [0.3, 0.4) is 0 Å². The summed E-state index contributed by atoms with van der Waals surface area (Å²) in [7, 11) is 1.60. The normalized spacial score (nSPS) is 24.4. The zero-order valence-corrected chi connectivity index (χ0v) is 12.2. The van der Waals surface area contributed by atoms with Crippen molar-refractivity contribution in [3.05, 3.63) is 42.2 Å². The van der Waals surface area contributed by atoms with E-state index in [0.717, 1.165) is 5.56 Å². The van der Waals surface area contributed by atoms with Gasteiger partial charge in [-0.1, -0.05) is 35.5 Å². The summed E-state index contributed by atoms with van der Waals surface area (Å²) in [6.07, 6.45) is -0.667. The summed E-state index contributed by atoms with van der Waals surface area (Å²) in [4.78, 5) is 13.8. The lowest BCUT2D eigenvalue weighted by Gasteiger charge is -2.26. The highest BCUT2D eigenvalue weighted by Crippen LogP contribution is 2.26. The Bertz CT molecular complexity index is 655. The molecule has 1 fully saturated rings. The molecule has 6 heteroatoms. The highest BCUT2D eigenvalue weighted by atomic mass is 16.5. The van der Waals surface area contributed by atoms with Gasteiger partial charge in [-0.2, -0.15) is 0 Å². The number of nitrogens with zero attached hydrogens (tertiary/aromatic N) is 2. The Kier molecular flexibility index (Phi) is 3.96. The molecule has 1 aliphatic rings. The number of hydrogen-bond donors (Lipinski definition) is 2. The average Bonchev–Trinajstić information content (AvgIpc) is 3.15. The Morgan fingerprint density at radius 3 is 2.64 bits per heavy atom. The maximum Gasteiger partial charge on any atom is 0.292 e. The van der Waals surface area contributed by atoms with Crippen LogP contribution >= 0.6 is 0 Å². The molecule has 1 aromatic heterocycles. The lowest BCUT2D eigenvalue weighted by Crippen LogP contribution is -2.44. The van der Waals surface area contributed by atoms with Crippen LogP contribution in [0.15, 0.2) is 40.9 Å². The lowest BCUT2D eigenvalue weighted by atomic mass is 10.1. The molecule has 3 rings (SSSR count). The molecule has 6 nitrogen and oxygen atoms in total. The predicted molar refractivity (Wildman–Crippen MR) is 79.1 cm³/mol. The number of aliphatic hydroxyl groups is 2. The van der Waals surface area contributed by atoms with Crippen LogP contribution in [0.25, 0.3) is 11.3 Å². The summed E-state index contributed by atoms with van der Waals surface area (Å²) >= 11 is 0. The third-order valence-corrected chi connectivity index (χ3v) is 4.15. The van der Waals surface area contributed by atoms with Crippen LogP contribution in [0.4, 0.5) is 0 Å². The van der Waals surface area contributed by atoms with Crippen molar-refractivity contribution in [2.75, 3.05) is 7.05 Å². The molecule has 1 saturated carbocycles. The summed E-state index contributed by atoms with van der Waals surface area (Å²) in [5.41, 5.74) is 1.45. The van der Waals surface area contributed by atoms with Crippen LogP contribution < -0.4 is 0 Å². The molecule has 2 aromatic rings. The first-order valence-electron chi connectivity index (χ1n) is 7.23. The standard InChI is InChI=1S/C16H18N2O4/c1-18(12-7-8-13(19)15(12)20)16(21)14-9-11(17-22-14)10-5-3-2-4-6-10/h2-6,9,12-13,15,19-20H,7-8H2,1H3/t12-,13-,15-/m1/s1. The third kappa shape index (κ3) is 2.63. The van der Waals surface area contributed by atoms with Crippen LogP contribution in [0.1, 0.15) is 23.4 Å². The van der Waals surface area contributed by atoms with E-state index in [2.05, 4.69) is 5.16 Å². The molecule has 3 atom stereocenters. The first kappa shape index (κ1) is 14.7. The number of aromatic nitrogens is 1. The number of rotatable bonds is 3. The Labute approximate surface area is 128 Å². The molecule has 2 N–H and O–H groups in total. The first-order chi connectivity index (χ1) is 10.6. The fourth-order valence-electron chi connectivity index (χ4n) is 2.81. The van der Waals surface area contributed by atoms with E-state index in [0.29, 0.717) is 18.5 Å². The van der Waals surface area contributed by atoms with Crippen LogP contribution in [0, 0.1) is 0 Å². The lowest BCUT2D eigenvalue weighted by molar-refractivity contribution is 0.00555. The molecule has 1 amide bonds. The Morgan fingerprint density at radius 1 is 1.27 bits per heavy atom. The predicted octanol–water partition coefficient (Wildman–Crippen LogP) is 1.30. The molecule has 0 spiro atoms. The smallest absolute Gasteiger partial charge is 0.292 e. The van der Waals surface area contributed by atoms with E-state index in [9.17, 15) is 15.0 Å². The van der Waals surface area contributed by atoms with Crippen molar-refractivity contribution in [1.82, 2.24) is 10.1 Å². The van der Waals surface area contributed by atoms with Gasteiger partial charge in [-0.15, -0.1) is 0 Å². The van der Waals surface area contributed by atoms with Crippen molar-refractivity contribution in [3.8, 4) is 11.3 Å². The molecule has 0 unspecified atom stereocenters. The van der Waals surface area contributed by atoms with Crippen molar-refractivity contribution in [1.29, 1.82) is 0 Å². The van der Waals surface area contributed by atoms with Crippen molar-refractivity contribution >= 4 is 5.91 Å². The van der Waals surface area contributed by atoms with E-state index in [1.807, 2.05) is 30.3 Å². The van der Waals surface area contributed by atoms with Gasteiger partial charge in [-0.05, 0) is 12.8 Å². The van der Waals surface area contributed by atoms with E-state index >= 15 is 0 Å². The van der Waals surface area contributed by atoms with Gasteiger partial charge in [-0.3, -0.25) is 4.79 Å². The van der Waals surface area contributed by atoms with Gasteiger partial charge in [0.2, 0.25) is 5.76 Å². The minimum Gasteiger partial charge on any atom is -0.390 e. The highest BCUT2D eigenvalue weighted by Gasteiger charge is 2.38. The number of benzene rings is 1. The van der Waals surface area contributed by atoms with Crippen molar-refractivity contribution in [2.24, 2.45) is 0 Å². The van der Waals surface area contributed by atoms with E-state index in [4.69, 9.17) is 4.52 Å². The largest absolute Gasteiger partial charge is 0.390 e. The average molecular weight is 302 g/mol. The van der Waals surface area contributed by atoms with E-state index in [-0.39, 0.29) is 11.7 Å². The van der Waals surface area contributed by atoms with E-state index < -0.39 is 18.2 Å². The van der Waals surface area contributed by atoms with Gasteiger partial charge in [-0.25, -0.2) is 0 Å². The van der Waals surface area contributed by atoms with Gasteiger partial charge in [0, 0.05) is 18.7 Å². The second-order valence-corrected chi connectivity index (χ2v) is 5.56. The van der Waals surface area contributed by atoms with Gasteiger partial charge >= 0.3 is 0 Å². The summed E-state index contributed by atoms with van der Waals surface area (Å²) < 4.78 is 5.14. The maximum absolute atomic E-state index is 12.4. The molecule has 22 heavy (non-hydrogen) atoms. The number of hydrogen-bond acceptors (Lipinski definition) is 5. The SMILES string of the molecule is CN(C(=O)c1cc(-c2ccccc2)no1)[C@@H]1CC[C@@H](O)[C@@H]1O. The van der Waals surface area contributed by atoms with Gasteiger partial charge in [0.15, 0.2) is 0 Å². The van der Waals surface area contributed by atoms with Crippen LogP contribution in [0.5, 0.6) is 0 Å². The van der Waals surface area contributed by atoms with Crippen molar-refractivity contribution in [3.63, 3.8) is 0 Å². The minimum atomic E-state index is -0.925. The number of carbonyl (C=O) groups excluding carboxylic acids is 1. The van der Waals surface area contributed by atoms with Crippen LogP contribution in [-0.2, 0) is 0 Å². The number of carbonyl (C=O) groups is 1. The summed E-state index contributed by atoms with van der Waals surface area (Å²) in [5.74, 6) is -0.234. The quantitative estimate of drug-likeness (QED) is 0.892. The molecule has 1 aliphatic carbocycles. The number of aliphatic hydroxyl groups excluding tert-OH is 2.